The molecule has 3 heterocycles. The van der Waals surface area contributed by atoms with Crippen LogP contribution in [0.3, 0.4) is 0 Å². The fraction of sp³-hybridized carbons (Fsp3) is 0.706. The first-order chi connectivity index (χ1) is 11.2. The van der Waals surface area contributed by atoms with Gasteiger partial charge < -0.3 is 5.32 Å². The van der Waals surface area contributed by atoms with E-state index in [0.29, 0.717) is 0 Å². The van der Waals surface area contributed by atoms with Crippen LogP contribution in [-0.4, -0.2) is 45.2 Å². The van der Waals surface area contributed by atoms with Crippen molar-refractivity contribution in [3.63, 3.8) is 0 Å². The zero-order chi connectivity index (χ0) is 17.5. The fourth-order valence-electron chi connectivity index (χ4n) is 3.58. The third-order valence-corrected chi connectivity index (χ3v) is 5.21. The summed E-state index contributed by atoms with van der Waals surface area (Å²) in [4.78, 5) is 25.9. The van der Waals surface area contributed by atoms with Crippen LogP contribution < -0.4 is 10.6 Å². The van der Waals surface area contributed by atoms with E-state index in [0.717, 1.165) is 32.5 Å². The molecule has 0 saturated carbocycles. The van der Waals surface area contributed by atoms with Gasteiger partial charge in [-0.05, 0) is 59.5 Å². The van der Waals surface area contributed by atoms with Crippen molar-refractivity contribution in [2.75, 3.05) is 13.1 Å². The lowest BCUT2D eigenvalue weighted by Crippen LogP contribution is -2.53. The molecule has 2 fully saturated rings. The number of urea groups is 1. The van der Waals surface area contributed by atoms with E-state index < -0.39 is 5.54 Å². The molecule has 0 aromatic carbocycles. The molecule has 132 valence electrons. The summed E-state index contributed by atoms with van der Waals surface area (Å²) < 4.78 is 1.99. The maximum atomic E-state index is 12.1. The fourth-order valence-corrected chi connectivity index (χ4v) is 3.58. The number of aromatic nitrogens is 2. The molecule has 1 aromatic heterocycles. The first kappa shape index (κ1) is 17.0. The molecule has 1 aromatic rings. The van der Waals surface area contributed by atoms with Crippen molar-refractivity contribution in [3.8, 4) is 0 Å². The number of likely N-dealkylation sites (tertiary alicyclic amines) is 1. The van der Waals surface area contributed by atoms with E-state index in [2.05, 4.69) is 47.6 Å². The number of hydrogen-bond donors (Lipinski definition) is 2. The lowest BCUT2D eigenvalue weighted by atomic mass is 9.79. The second-order valence-electron chi connectivity index (χ2n) is 8.12. The second-order valence-corrected chi connectivity index (χ2v) is 8.12. The lowest BCUT2D eigenvalue weighted by molar-refractivity contribution is -0.125. The summed E-state index contributed by atoms with van der Waals surface area (Å²) in [6.07, 6.45) is 5.84. The Hall–Kier alpha value is -1.89. The van der Waals surface area contributed by atoms with E-state index in [4.69, 9.17) is 0 Å². The Morgan fingerprint density at radius 1 is 1.29 bits per heavy atom. The van der Waals surface area contributed by atoms with E-state index in [9.17, 15) is 9.59 Å². The smallest absolute Gasteiger partial charge is 0.322 e. The summed E-state index contributed by atoms with van der Waals surface area (Å²) in [5, 5.41) is 9.61. The third kappa shape index (κ3) is 3.17. The van der Waals surface area contributed by atoms with Gasteiger partial charge in [0.15, 0.2) is 0 Å². The molecular formula is C17H27N5O2. The van der Waals surface area contributed by atoms with Gasteiger partial charge in [-0.1, -0.05) is 0 Å². The summed E-state index contributed by atoms with van der Waals surface area (Å²) in [6.45, 7) is 11.0. The van der Waals surface area contributed by atoms with Crippen molar-refractivity contribution < 1.29 is 9.59 Å². The predicted molar refractivity (Wildman–Crippen MR) is 90.3 cm³/mol. The van der Waals surface area contributed by atoms with Crippen molar-refractivity contribution >= 4 is 11.9 Å². The zero-order valence-corrected chi connectivity index (χ0v) is 14.9. The van der Waals surface area contributed by atoms with Gasteiger partial charge in [0, 0.05) is 18.3 Å². The first-order valence-electron chi connectivity index (χ1n) is 8.58. The Balaban J connectivity index is 1.57. The third-order valence-electron chi connectivity index (χ3n) is 5.21. The number of amides is 3. The molecule has 24 heavy (non-hydrogen) atoms. The number of piperidine rings is 1. The predicted octanol–water partition coefficient (Wildman–Crippen LogP) is 1.45. The van der Waals surface area contributed by atoms with Crippen LogP contribution in [0.15, 0.2) is 12.4 Å². The van der Waals surface area contributed by atoms with Crippen LogP contribution in [0.5, 0.6) is 0 Å². The highest BCUT2D eigenvalue weighted by Crippen LogP contribution is 2.31. The van der Waals surface area contributed by atoms with Gasteiger partial charge in [0.2, 0.25) is 0 Å². The SMILES string of the molecule is CC1(C2CCN(Cc3cnn(C(C)(C)C)c3)CC2)NC(=O)NC1=O. The van der Waals surface area contributed by atoms with Gasteiger partial charge in [-0.3, -0.25) is 19.7 Å². The van der Waals surface area contributed by atoms with E-state index >= 15 is 0 Å². The number of nitrogens with zero attached hydrogens (tertiary/aromatic N) is 3. The molecule has 7 heteroatoms. The Morgan fingerprint density at radius 2 is 1.96 bits per heavy atom. The first-order valence-corrected chi connectivity index (χ1v) is 8.58. The molecule has 2 saturated heterocycles. The molecule has 2 aliphatic heterocycles. The van der Waals surface area contributed by atoms with Crippen LogP contribution in [-0.2, 0) is 16.9 Å². The standard InChI is InChI=1S/C17H27N5O2/c1-16(2,3)22-11-12(9-18-22)10-21-7-5-13(6-8-21)17(4)14(23)19-15(24)20-17/h9,11,13H,5-8,10H2,1-4H3,(H2,19,20,23,24). The number of nitrogens with one attached hydrogen (secondary N) is 2. The minimum absolute atomic E-state index is 0.00607. The van der Waals surface area contributed by atoms with E-state index in [1.54, 1.807) is 0 Å². The Bertz CT molecular complexity index is 640. The monoisotopic (exact) mass is 333 g/mol. The number of carbonyl (C=O) groups is 2. The van der Waals surface area contributed by atoms with Crippen LogP contribution in [0.4, 0.5) is 4.79 Å². The molecule has 1 atom stereocenters. The van der Waals surface area contributed by atoms with Crippen LogP contribution in [0, 0.1) is 5.92 Å². The minimum Gasteiger partial charge on any atom is -0.323 e. The highest BCUT2D eigenvalue weighted by atomic mass is 16.2. The number of rotatable bonds is 3. The number of hydrogen-bond acceptors (Lipinski definition) is 4. The lowest BCUT2D eigenvalue weighted by Gasteiger charge is -2.38. The summed E-state index contributed by atoms with van der Waals surface area (Å²) in [5.41, 5.74) is 0.440. The molecule has 2 aliphatic rings. The van der Waals surface area contributed by atoms with Gasteiger partial charge in [0.1, 0.15) is 5.54 Å². The van der Waals surface area contributed by atoms with Gasteiger partial charge in [-0.15, -0.1) is 0 Å². The highest BCUT2D eigenvalue weighted by Gasteiger charge is 2.48. The van der Waals surface area contributed by atoms with Crippen LogP contribution in [0.25, 0.3) is 0 Å². The van der Waals surface area contributed by atoms with Crippen molar-refractivity contribution in [3.05, 3.63) is 18.0 Å². The quantitative estimate of drug-likeness (QED) is 0.821. The molecular weight excluding hydrogens is 306 g/mol. The second kappa shape index (κ2) is 5.88. The van der Waals surface area contributed by atoms with Gasteiger partial charge in [-0.25, -0.2) is 4.79 Å². The normalized spacial score (nSPS) is 26.5. The van der Waals surface area contributed by atoms with E-state index in [-0.39, 0.29) is 23.4 Å². The van der Waals surface area contributed by atoms with Crippen LogP contribution >= 0.6 is 0 Å². The Labute approximate surface area is 142 Å². The summed E-state index contributed by atoms with van der Waals surface area (Å²) in [5.74, 6) is -0.0186. The van der Waals surface area contributed by atoms with Gasteiger partial charge in [-0.2, -0.15) is 5.10 Å². The maximum Gasteiger partial charge on any atom is 0.322 e. The molecule has 7 nitrogen and oxygen atoms in total. The molecule has 0 radical (unpaired) electrons. The zero-order valence-electron chi connectivity index (χ0n) is 14.9. The van der Waals surface area contributed by atoms with Gasteiger partial charge in [0.25, 0.3) is 5.91 Å². The van der Waals surface area contributed by atoms with Gasteiger partial charge in [0.05, 0.1) is 11.7 Å². The Kier molecular flexibility index (Phi) is 4.15. The number of imide groups is 1. The average Bonchev–Trinajstić information content (AvgIpc) is 3.05. The number of carbonyl (C=O) groups excluding carboxylic acids is 2. The largest absolute Gasteiger partial charge is 0.323 e. The topological polar surface area (TPSA) is 79.3 Å². The van der Waals surface area contributed by atoms with Crippen molar-refractivity contribution in [1.29, 1.82) is 0 Å². The van der Waals surface area contributed by atoms with Gasteiger partial charge >= 0.3 is 6.03 Å². The highest BCUT2D eigenvalue weighted by molar-refractivity contribution is 6.06. The molecule has 3 amide bonds. The molecule has 1 unspecified atom stereocenters. The van der Waals surface area contributed by atoms with Crippen molar-refractivity contribution in [1.82, 2.24) is 25.3 Å². The van der Waals surface area contributed by atoms with Crippen LogP contribution in [0.1, 0.15) is 46.1 Å². The maximum absolute atomic E-state index is 12.1. The Morgan fingerprint density at radius 3 is 2.46 bits per heavy atom. The summed E-state index contributed by atoms with van der Waals surface area (Å²) in [7, 11) is 0. The van der Waals surface area contributed by atoms with Crippen molar-refractivity contribution in [2.45, 2.75) is 58.2 Å². The summed E-state index contributed by atoms with van der Waals surface area (Å²) in [6, 6.07) is -0.375. The molecule has 0 aliphatic carbocycles. The molecule has 2 N–H and O–H groups in total. The van der Waals surface area contributed by atoms with E-state index in [1.807, 2.05) is 17.8 Å². The molecule has 3 rings (SSSR count). The van der Waals surface area contributed by atoms with Crippen molar-refractivity contribution in [2.24, 2.45) is 5.92 Å². The summed E-state index contributed by atoms with van der Waals surface area (Å²) >= 11 is 0. The molecule has 0 bridgehead atoms. The minimum atomic E-state index is -0.764. The average molecular weight is 333 g/mol. The van der Waals surface area contributed by atoms with Crippen LogP contribution in [0.2, 0.25) is 0 Å². The molecule has 0 spiro atoms. The van der Waals surface area contributed by atoms with E-state index in [1.165, 1.54) is 5.56 Å².